The molecule has 6 heterocycles. The maximum absolute atomic E-state index is 13.8. The van der Waals surface area contributed by atoms with Gasteiger partial charge in [0.15, 0.2) is 22.4 Å². The molecule has 8 aromatic carbocycles. The van der Waals surface area contributed by atoms with Gasteiger partial charge in [-0.3, -0.25) is 24.2 Å². The molecular formula is C90H64N8O20. The van der Waals surface area contributed by atoms with Gasteiger partial charge in [0.2, 0.25) is 0 Å². The van der Waals surface area contributed by atoms with Crippen molar-refractivity contribution in [2.24, 2.45) is 0 Å². The van der Waals surface area contributed by atoms with Crippen molar-refractivity contribution in [2.45, 2.75) is 40.0 Å². The fourth-order valence-electron chi connectivity index (χ4n) is 13.8. The number of ketones is 2. The van der Waals surface area contributed by atoms with Crippen molar-refractivity contribution in [3.63, 3.8) is 0 Å². The molecule has 0 saturated heterocycles. The number of fused-ring (bicyclic) bond motifs is 8. The first-order chi connectivity index (χ1) is 57.2. The Hall–Kier alpha value is -16.5. The van der Waals surface area contributed by atoms with Crippen LogP contribution >= 0.6 is 0 Å². The number of para-hydroxylation sites is 4. The van der Waals surface area contributed by atoms with Crippen molar-refractivity contribution in [1.29, 1.82) is 0 Å². The van der Waals surface area contributed by atoms with Crippen LogP contribution < -0.4 is 32.1 Å². The van der Waals surface area contributed by atoms with E-state index in [1.807, 2.05) is 103 Å². The van der Waals surface area contributed by atoms with Crippen LogP contribution in [-0.2, 0) is 64.4 Å². The molecule has 28 heteroatoms. The van der Waals surface area contributed by atoms with Crippen LogP contribution in [0.4, 0.5) is 22.7 Å². The molecule has 16 rings (SSSR count). The number of rotatable bonds is 19. The third-order valence-corrected chi connectivity index (χ3v) is 19.2. The number of phenols is 2. The first kappa shape index (κ1) is 81.0. The number of nitrogens with zero attached hydrogens (tertiary/aromatic N) is 4. The van der Waals surface area contributed by atoms with Crippen LogP contribution in [0.2, 0.25) is 0 Å². The SMILES string of the molecule is COC(=O)c1ccc2cccc(NCc3c(O)ccc4c(-c5ccccc5C(C)=O)c5ccc(=O)c(CNc6cccc7ccc(C(C)=O)nc67)c-5oc34)c2n1.COC(=O)c1ccccc1-c1c2ccc(=O)c(CNc3cccc4cccnc34)c-2oc2c(CNc3cccc4ccc(C(=O)O)nc34)c(O)ccc12.O=C=O.O=C=O.O=C=O. The van der Waals surface area contributed by atoms with Gasteiger partial charge in [0, 0.05) is 99.4 Å². The fraction of sp³-hybridized carbons (Fsp3) is 0.0889. The smallest absolute Gasteiger partial charge is 0.373 e. The minimum Gasteiger partial charge on any atom is -0.507 e. The molecule has 0 unspecified atom stereocenters. The van der Waals surface area contributed by atoms with Crippen LogP contribution in [0.25, 0.3) is 110 Å². The lowest BCUT2D eigenvalue weighted by atomic mass is 9.88. The predicted molar refractivity (Wildman–Crippen MR) is 433 cm³/mol. The lowest BCUT2D eigenvalue weighted by Crippen LogP contribution is -2.15. The Morgan fingerprint density at radius 2 is 0.754 bits per heavy atom. The molecule has 118 heavy (non-hydrogen) atoms. The quantitative estimate of drug-likeness (QED) is 0.0225. The minimum atomic E-state index is -1.15. The number of carboxylic acid groups (broad SMARTS) is 1. The Morgan fingerprint density at radius 3 is 1.19 bits per heavy atom. The molecule has 0 saturated carbocycles. The summed E-state index contributed by atoms with van der Waals surface area (Å²) in [6.07, 6.45) is 2.46. The van der Waals surface area contributed by atoms with Crippen LogP contribution in [0.1, 0.15) is 88.3 Å². The number of methoxy groups -OCH3 is 2. The van der Waals surface area contributed by atoms with Crippen LogP contribution in [0.3, 0.4) is 0 Å². The highest BCUT2D eigenvalue weighted by atomic mass is 16.5. The van der Waals surface area contributed by atoms with E-state index in [1.165, 1.54) is 46.3 Å². The largest absolute Gasteiger partial charge is 0.507 e. The summed E-state index contributed by atoms with van der Waals surface area (Å²) in [6.45, 7) is 3.15. The number of carbonyl (C=O) groups is 5. The fourth-order valence-corrected chi connectivity index (χ4v) is 13.8. The molecule has 4 aromatic heterocycles. The van der Waals surface area contributed by atoms with Crippen molar-refractivity contribution < 1.29 is 86.4 Å². The number of phenolic OH excluding ortho intramolecular Hbond substituents is 2. The van der Waals surface area contributed by atoms with Crippen LogP contribution in [0.15, 0.2) is 243 Å². The van der Waals surface area contributed by atoms with E-state index in [-0.39, 0.29) is 107 Å². The normalized spacial score (nSPS) is 10.6. The number of esters is 2. The average molecular weight is 1580 g/mol. The van der Waals surface area contributed by atoms with Crippen molar-refractivity contribution in [3.8, 4) is 56.4 Å². The number of aromatic carboxylic acids is 1. The topological polar surface area (TPSA) is 427 Å². The molecule has 0 radical (unpaired) electrons. The Bertz CT molecular complexity index is 6810. The first-order valence-electron chi connectivity index (χ1n) is 35.7. The number of aromatic nitrogens is 4. The highest BCUT2D eigenvalue weighted by molar-refractivity contribution is 6.12. The van der Waals surface area contributed by atoms with Gasteiger partial charge in [-0.2, -0.15) is 28.8 Å². The molecule has 0 amide bonds. The Labute approximate surface area is 666 Å². The molecule has 584 valence electrons. The van der Waals surface area contributed by atoms with Gasteiger partial charge in [0.05, 0.1) is 86.9 Å². The molecule has 0 spiro atoms. The van der Waals surface area contributed by atoms with E-state index < -0.39 is 17.9 Å². The van der Waals surface area contributed by atoms with Gasteiger partial charge < -0.3 is 54.9 Å². The predicted octanol–water partition coefficient (Wildman–Crippen LogP) is 15.1. The third-order valence-electron chi connectivity index (χ3n) is 19.2. The Balaban J connectivity index is 0.000000198. The maximum atomic E-state index is 13.8. The molecule has 12 aromatic rings. The third kappa shape index (κ3) is 16.8. The number of Topliss-reactive ketones (excluding diaryl/α,β-unsaturated/α-hetero) is 2. The standard InChI is InChI=1S/C45H34N4O7.C42H30N4O7.3CO2/c1-24(50)28-10-4-5-11-29(28)40-30-16-20-38(52)32(22-46-35-12-6-8-26-14-18-34(25(2)51)48-41(26)35)43(30)56-44-31(40)17-21-39(53)33(44)23-47-36-13-7-9-27-15-19-37(45(54)55-3)49-42(27)36;1-52-42(51)26-11-3-2-10-25(26)36-27-15-18-34(47)29(21-44-31-12-4-7-23-9-6-20-43-37(23)31)39(27)53-40-28(36)16-19-35(48)30(40)22-45-32-13-5-8-24-14-17-33(41(49)50)46-38(24)32;3*2-1-3/h4-21,46-47,53H,22-23H2,1-3H3;2-20,44-45,48H,21-22H2,1H3,(H,49,50);;;. The number of anilines is 4. The molecule has 7 N–H and O–H groups in total. The summed E-state index contributed by atoms with van der Waals surface area (Å²) in [4.78, 5) is 157. The second-order valence-electron chi connectivity index (χ2n) is 25.9. The van der Waals surface area contributed by atoms with Gasteiger partial charge in [-0.05, 0) is 121 Å². The van der Waals surface area contributed by atoms with Gasteiger partial charge in [-0.25, -0.2) is 29.3 Å². The number of nitrogens with one attached hydrogen (secondary N) is 4. The number of pyridine rings is 4. The molecule has 4 aliphatic rings. The van der Waals surface area contributed by atoms with E-state index in [1.54, 1.807) is 103 Å². The number of hydrogen-bond acceptors (Lipinski definition) is 27. The molecule has 0 fully saturated rings. The summed E-state index contributed by atoms with van der Waals surface area (Å²) in [5, 5.41) is 50.2. The maximum Gasteiger partial charge on any atom is 0.373 e. The van der Waals surface area contributed by atoms with Crippen LogP contribution in [0, 0.1) is 0 Å². The number of benzene rings is 10. The molecule has 2 aliphatic heterocycles. The monoisotopic (exact) mass is 1580 g/mol. The van der Waals surface area contributed by atoms with Gasteiger partial charge in [0.1, 0.15) is 51.3 Å². The number of carboxylic acids is 1. The number of ether oxygens (including phenoxy) is 2. The number of aromatic hydroxyl groups is 2. The zero-order valence-electron chi connectivity index (χ0n) is 62.8. The summed E-state index contributed by atoms with van der Waals surface area (Å²) in [5.41, 5.74) is 10.9. The molecule has 2 aliphatic carbocycles. The van der Waals surface area contributed by atoms with Gasteiger partial charge in [-0.15, -0.1) is 0 Å². The van der Waals surface area contributed by atoms with E-state index in [0.717, 1.165) is 32.7 Å². The average Bonchev–Trinajstić information content (AvgIpc) is 0.734. The van der Waals surface area contributed by atoms with E-state index in [4.69, 9.17) is 47.1 Å². The summed E-state index contributed by atoms with van der Waals surface area (Å²) in [7, 11) is 2.61. The van der Waals surface area contributed by atoms with E-state index in [9.17, 15) is 48.9 Å². The highest BCUT2D eigenvalue weighted by Gasteiger charge is 2.30. The molecule has 0 atom stereocenters. The minimum absolute atomic E-state index is 0.0284. The van der Waals surface area contributed by atoms with Crippen LogP contribution in [0.5, 0.6) is 11.5 Å². The zero-order chi connectivity index (χ0) is 83.8. The molecule has 0 bridgehead atoms. The van der Waals surface area contributed by atoms with Crippen molar-refractivity contribution in [3.05, 3.63) is 295 Å². The molecule has 28 nitrogen and oxygen atoms in total. The highest BCUT2D eigenvalue weighted by Crippen LogP contribution is 2.48. The second-order valence-corrected chi connectivity index (χ2v) is 25.9. The lowest BCUT2D eigenvalue weighted by Gasteiger charge is -2.21. The Kier molecular flexibility index (Phi) is 24.9. The summed E-state index contributed by atoms with van der Waals surface area (Å²) >= 11 is 0. The van der Waals surface area contributed by atoms with E-state index in [2.05, 4.69) is 41.2 Å². The zero-order valence-corrected chi connectivity index (χ0v) is 62.8. The van der Waals surface area contributed by atoms with Crippen molar-refractivity contribution >= 4 is 136 Å². The number of carbonyl (C=O) groups excluding carboxylic acids is 10. The van der Waals surface area contributed by atoms with Gasteiger partial charge in [0.25, 0.3) is 0 Å². The van der Waals surface area contributed by atoms with Gasteiger partial charge >= 0.3 is 36.4 Å². The lowest BCUT2D eigenvalue weighted by molar-refractivity contribution is -0.193. The Morgan fingerprint density at radius 1 is 0.381 bits per heavy atom. The van der Waals surface area contributed by atoms with Crippen molar-refractivity contribution in [1.82, 2.24) is 19.9 Å². The number of hydrogen-bond donors (Lipinski definition) is 7. The van der Waals surface area contributed by atoms with E-state index in [0.29, 0.717) is 122 Å². The summed E-state index contributed by atoms with van der Waals surface area (Å²) in [5.74, 6) is -2.19. The van der Waals surface area contributed by atoms with Crippen molar-refractivity contribution in [2.75, 3.05) is 35.5 Å². The molecular weight excluding hydrogens is 1510 g/mol. The van der Waals surface area contributed by atoms with Crippen LogP contribution in [-0.4, -0.2) is 97.4 Å². The summed E-state index contributed by atoms with van der Waals surface area (Å²) in [6, 6.07) is 63.3. The second kappa shape index (κ2) is 36.3. The first-order valence-corrected chi connectivity index (χ1v) is 35.7. The van der Waals surface area contributed by atoms with E-state index >= 15 is 0 Å². The van der Waals surface area contributed by atoms with Gasteiger partial charge in [-0.1, -0.05) is 115 Å². The summed E-state index contributed by atoms with van der Waals surface area (Å²) < 4.78 is 23.5.